The lowest BCUT2D eigenvalue weighted by Crippen LogP contribution is -2.17. The molecule has 1 fully saturated rings. The second-order valence-corrected chi connectivity index (χ2v) is 4.27. The van der Waals surface area contributed by atoms with Crippen molar-refractivity contribution in [3.63, 3.8) is 0 Å². The van der Waals surface area contributed by atoms with Gasteiger partial charge in [0, 0.05) is 12.6 Å². The molecule has 16 heavy (non-hydrogen) atoms. The summed E-state index contributed by atoms with van der Waals surface area (Å²) in [6.45, 7) is 1.26. The summed E-state index contributed by atoms with van der Waals surface area (Å²) in [5.41, 5.74) is 0. The van der Waals surface area contributed by atoms with E-state index >= 15 is 0 Å². The van der Waals surface area contributed by atoms with Crippen LogP contribution in [0.25, 0.3) is 0 Å². The van der Waals surface area contributed by atoms with Gasteiger partial charge in [0.1, 0.15) is 0 Å². The highest BCUT2D eigenvalue weighted by Gasteiger charge is 2.26. The van der Waals surface area contributed by atoms with Crippen molar-refractivity contribution >= 4 is 0 Å². The van der Waals surface area contributed by atoms with Crippen LogP contribution in [0.15, 0.2) is 0 Å². The van der Waals surface area contributed by atoms with Gasteiger partial charge in [-0.2, -0.15) is 13.2 Å². The molecule has 0 aromatic carbocycles. The van der Waals surface area contributed by atoms with Crippen molar-refractivity contribution in [2.24, 2.45) is 0 Å². The van der Waals surface area contributed by atoms with Crippen LogP contribution < -0.4 is 5.32 Å². The second kappa shape index (κ2) is 7.12. The minimum absolute atomic E-state index is 0.205. The third kappa shape index (κ3) is 8.97. The van der Waals surface area contributed by atoms with Crippen molar-refractivity contribution in [1.29, 1.82) is 0 Å². The van der Waals surface area contributed by atoms with E-state index in [9.17, 15) is 13.2 Å². The van der Waals surface area contributed by atoms with Crippen LogP contribution in [-0.2, 0) is 4.74 Å². The van der Waals surface area contributed by atoms with Gasteiger partial charge in [-0.3, -0.25) is 0 Å². The minimum atomic E-state index is -4.09. The number of unbranched alkanes of at least 4 members (excludes halogenated alkanes) is 2. The second-order valence-electron chi connectivity index (χ2n) is 4.27. The van der Waals surface area contributed by atoms with Crippen LogP contribution in [0.2, 0.25) is 0 Å². The van der Waals surface area contributed by atoms with E-state index in [0.717, 1.165) is 31.8 Å². The normalized spacial score (nSPS) is 16.7. The van der Waals surface area contributed by atoms with Gasteiger partial charge in [0.2, 0.25) is 0 Å². The highest BCUT2D eigenvalue weighted by Crippen LogP contribution is 2.19. The summed E-state index contributed by atoms with van der Waals surface area (Å²) in [6.07, 6.45) is 0.612. The molecule has 2 nitrogen and oxygen atoms in total. The zero-order valence-corrected chi connectivity index (χ0v) is 9.48. The van der Waals surface area contributed by atoms with Crippen molar-refractivity contribution in [2.45, 2.75) is 50.7 Å². The number of halogens is 3. The maximum Gasteiger partial charge on any atom is 0.391 e. The topological polar surface area (TPSA) is 21.3 Å². The van der Waals surface area contributed by atoms with Crippen LogP contribution in [0.1, 0.15) is 38.5 Å². The van der Waals surface area contributed by atoms with Crippen molar-refractivity contribution in [3.8, 4) is 0 Å². The molecule has 0 heterocycles. The average molecular weight is 239 g/mol. The number of ether oxygens (including phenoxy) is 1. The van der Waals surface area contributed by atoms with Gasteiger partial charge < -0.3 is 10.1 Å². The standard InChI is InChI=1S/C11H20F3NO/c12-11(13,14)6-9-16-8-3-1-2-7-15-10-4-5-10/h10,15H,1-9H2. The Kier molecular flexibility index (Phi) is 6.13. The highest BCUT2D eigenvalue weighted by molar-refractivity contribution is 4.80. The molecule has 0 aromatic heterocycles. The van der Waals surface area contributed by atoms with E-state index in [0.29, 0.717) is 6.61 Å². The molecule has 0 radical (unpaired) electrons. The summed E-state index contributed by atoms with van der Waals surface area (Å²) in [4.78, 5) is 0. The summed E-state index contributed by atoms with van der Waals surface area (Å²) in [6, 6.07) is 0.739. The molecule has 0 saturated heterocycles. The van der Waals surface area contributed by atoms with Gasteiger partial charge in [-0.05, 0) is 38.6 Å². The third-order valence-electron chi connectivity index (χ3n) is 2.51. The Morgan fingerprint density at radius 2 is 1.81 bits per heavy atom. The number of nitrogens with one attached hydrogen (secondary N) is 1. The first-order chi connectivity index (χ1) is 7.58. The van der Waals surface area contributed by atoms with Crippen molar-refractivity contribution in [2.75, 3.05) is 19.8 Å². The molecule has 0 spiro atoms. The smallest absolute Gasteiger partial charge is 0.381 e. The Hall–Kier alpha value is -0.290. The van der Waals surface area contributed by atoms with Crippen LogP contribution in [0.3, 0.4) is 0 Å². The fourth-order valence-corrected chi connectivity index (χ4v) is 1.39. The summed E-state index contributed by atoms with van der Waals surface area (Å²) in [7, 11) is 0. The fraction of sp³-hybridized carbons (Fsp3) is 1.00. The maximum absolute atomic E-state index is 11.7. The molecule has 1 N–H and O–H groups in total. The minimum Gasteiger partial charge on any atom is -0.381 e. The number of alkyl halides is 3. The lowest BCUT2D eigenvalue weighted by atomic mass is 10.2. The Morgan fingerprint density at radius 3 is 2.44 bits per heavy atom. The number of hydrogen-bond donors (Lipinski definition) is 1. The van der Waals surface area contributed by atoms with E-state index in [1.165, 1.54) is 12.8 Å². The molecule has 0 aromatic rings. The van der Waals surface area contributed by atoms with Crippen molar-refractivity contribution < 1.29 is 17.9 Å². The summed E-state index contributed by atoms with van der Waals surface area (Å²) in [5, 5.41) is 3.39. The first kappa shape index (κ1) is 13.8. The predicted molar refractivity (Wildman–Crippen MR) is 56.4 cm³/mol. The monoisotopic (exact) mass is 239 g/mol. The molecule has 0 bridgehead atoms. The van der Waals surface area contributed by atoms with Gasteiger partial charge in [-0.25, -0.2) is 0 Å². The van der Waals surface area contributed by atoms with E-state index in [1.54, 1.807) is 0 Å². The van der Waals surface area contributed by atoms with E-state index < -0.39 is 12.6 Å². The van der Waals surface area contributed by atoms with Gasteiger partial charge in [0.15, 0.2) is 0 Å². The number of rotatable bonds is 9. The molecule has 0 amide bonds. The van der Waals surface area contributed by atoms with Crippen LogP contribution in [0.4, 0.5) is 13.2 Å². The van der Waals surface area contributed by atoms with Crippen LogP contribution in [-0.4, -0.2) is 32.0 Å². The highest BCUT2D eigenvalue weighted by atomic mass is 19.4. The Labute approximate surface area is 94.5 Å². The fourth-order valence-electron chi connectivity index (χ4n) is 1.39. The Morgan fingerprint density at radius 1 is 1.06 bits per heavy atom. The third-order valence-corrected chi connectivity index (χ3v) is 2.51. The zero-order valence-electron chi connectivity index (χ0n) is 9.48. The van der Waals surface area contributed by atoms with Gasteiger partial charge >= 0.3 is 6.18 Å². The maximum atomic E-state index is 11.7. The van der Waals surface area contributed by atoms with Gasteiger partial charge in [0.25, 0.3) is 0 Å². The molecule has 96 valence electrons. The Bertz CT molecular complexity index is 181. The molecule has 0 atom stereocenters. The lowest BCUT2D eigenvalue weighted by Gasteiger charge is -2.07. The molecule has 1 saturated carbocycles. The van der Waals surface area contributed by atoms with Crippen LogP contribution in [0.5, 0.6) is 0 Å². The first-order valence-corrected chi connectivity index (χ1v) is 5.96. The average Bonchev–Trinajstić information content (AvgIpc) is 2.97. The van der Waals surface area contributed by atoms with E-state index in [1.807, 2.05) is 0 Å². The lowest BCUT2D eigenvalue weighted by molar-refractivity contribution is -0.145. The van der Waals surface area contributed by atoms with E-state index in [-0.39, 0.29) is 6.61 Å². The van der Waals surface area contributed by atoms with Gasteiger partial charge in [-0.15, -0.1) is 0 Å². The SMILES string of the molecule is FC(F)(F)CCOCCCCCNC1CC1. The molecule has 0 aliphatic heterocycles. The van der Waals surface area contributed by atoms with Gasteiger partial charge in [-0.1, -0.05) is 0 Å². The molecule has 5 heteroatoms. The summed E-state index contributed by atoms with van der Waals surface area (Å²) >= 11 is 0. The van der Waals surface area contributed by atoms with Crippen LogP contribution in [0, 0.1) is 0 Å². The molecule has 1 rings (SSSR count). The molecular weight excluding hydrogens is 219 g/mol. The molecule has 1 aliphatic rings. The predicted octanol–water partition coefficient (Wildman–Crippen LogP) is 2.88. The molecule has 0 unspecified atom stereocenters. The Balaban J connectivity index is 1.70. The van der Waals surface area contributed by atoms with E-state index in [2.05, 4.69) is 5.32 Å². The van der Waals surface area contributed by atoms with E-state index in [4.69, 9.17) is 4.74 Å². The quantitative estimate of drug-likeness (QED) is 0.625. The zero-order chi connectivity index (χ0) is 11.9. The first-order valence-electron chi connectivity index (χ1n) is 5.96. The molecular formula is C11H20F3NO. The van der Waals surface area contributed by atoms with Gasteiger partial charge in [0.05, 0.1) is 13.0 Å². The largest absolute Gasteiger partial charge is 0.391 e. The summed E-state index contributed by atoms with van der Waals surface area (Å²) < 4.78 is 40.1. The van der Waals surface area contributed by atoms with Crippen molar-refractivity contribution in [1.82, 2.24) is 5.32 Å². The van der Waals surface area contributed by atoms with Crippen molar-refractivity contribution in [3.05, 3.63) is 0 Å². The summed E-state index contributed by atoms with van der Waals surface area (Å²) in [5.74, 6) is 0. The number of hydrogen-bond acceptors (Lipinski definition) is 2. The van der Waals surface area contributed by atoms with Crippen LogP contribution >= 0.6 is 0 Å². The molecule has 1 aliphatic carbocycles.